The summed E-state index contributed by atoms with van der Waals surface area (Å²) in [6.45, 7) is 2.21. The van der Waals surface area contributed by atoms with Gasteiger partial charge in [0.15, 0.2) is 0 Å². The second-order valence-electron chi connectivity index (χ2n) is 1.37. The van der Waals surface area contributed by atoms with E-state index in [4.69, 9.17) is 0 Å². The van der Waals surface area contributed by atoms with Gasteiger partial charge in [-0.3, -0.25) is 4.72 Å². The molecule has 0 aliphatic carbocycles. The third kappa shape index (κ3) is 6.66. The van der Waals surface area contributed by atoms with Crippen LogP contribution in [0.2, 0.25) is 0 Å². The summed E-state index contributed by atoms with van der Waals surface area (Å²) >= 11 is 3.74. The summed E-state index contributed by atoms with van der Waals surface area (Å²) in [5.41, 5.74) is 0. The molecule has 0 amide bonds. The van der Waals surface area contributed by atoms with Crippen molar-refractivity contribution >= 4 is 23.7 Å². The molecule has 0 aliphatic heterocycles. The van der Waals surface area contributed by atoms with Crippen LogP contribution in [0.15, 0.2) is 0 Å². The van der Waals surface area contributed by atoms with E-state index >= 15 is 0 Å². The van der Waals surface area contributed by atoms with E-state index in [0.717, 1.165) is 0 Å². The molecule has 0 aromatic carbocycles. The lowest BCUT2D eigenvalue weighted by Crippen LogP contribution is -1.91. The standard InChI is InChI=1S/C5H13NS2/c1-3-4-7-5-8-6-2/h6H,3-5H2,1-2H3. The first-order chi connectivity index (χ1) is 3.91. The molecule has 0 rings (SSSR count). The molecule has 50 valence electrons. The maximum atomic E-state index is 3.02. The Morgan fingerprint density at radius 1 is 1.50 bits per heavy atom. The Bertz CT molecular complexity index is 35.4. The van der Waals surface area contributed by atoms with Crippen LogP contribution in [-0.2, 0) is 0 Å². The highest BCUT2D eigenvalue weighted by Crippen LogP contribution is 2.08. The molecule has 0 aliphatic rings. The van der Waals surface area contributed by atoms with Crippen molar-refractivity contribution in [2.45, 2.75) is 13.3 Å². The minimum absolute atomic E-state index is 1.17. The summed E-state index contributed by atoms with van der Waals surface area (Å²) in [4.78, 5) is 0. The van der Waals surface area contributed by atoms with E-state index in [2.05, 4.69) is 11.6 Å². The summed E-state index contributed by atoms with van der Waals surface area (Å²) in [5.74, 6) is 1.29. The Hall–Kier alpha value is 0.660. The lowest BCUT2D eigenvalue weighted by Gasteiger charge is -1.95. The maximum absolute atomic E-state index is 3.02. The van der Waals surface area contributed by atoms with E-state index in [1.54, 1.807) is 11.9 Å². The molecule has 0 saturated heterocycles. The Morgan fingerprint density at radius 2 is 2.25 bits per heavy atom. The summed E-state index contributed by atoms with van der Waals surface area (Å²) in [6.07, 6.45) is 1.29. The second kappa shape index (κ2) is 7.66. The smallest absolute Gasteiger partial charge is 0.0537 e. The summed E-state index contributed by atoms with van der Waals surface area (Å²) in [5, 5.41) is 1.17. The molecule has 1 N–H and O–H groups in total. The zero-order chi connectivity index (χ0) is 6.24. The molecule has 0 spiro atoms. The largest absolute Gasteiger partial charge is 0.267 e. The van der Waals surface area contributed by atoms with Crippen molar-refractivity contribution in [1.82, 2.24) is 4.72 Å². The third-order valence-electron chi connectivity index (χ3n) is 0.635. The number of hydrogen-bond acceptors (Lipinski definition) is 3. The fourth-order valence-electron chi connectivity index (χ4n) is 0.304. The lowest BCUT2D eigenvalue weighted by molar-refractivity contribution is 1.11. The molecule has 0 aromatic rings. The number of thioether (sulfide) groups is 1. The Labute approximate surface area is 60.1 Å². The summed E-state index contributed by atoms with van der Waals surface area (Å²) < 4.78 is 3.02. The first-order valence-corrected chi connectivity index (χ1v) is 4.92. The Kier molecular flexibility index (Phi) is 8.29. The molecule has 0 radical (unpaired) electrons. The highest BCUT2D eigenvalue weighted by atomic mass is 32.2. The molecule has 0 heterocycles. The van der Waals surface area contributed by atoms with E-state index in [-0.39, 0.29) is 0 Å². The van der Waals surface area contributed by atoms with Gasteiger partial charge in [-0.15, -0.1) is 11.8 Å². The zero-order valence-corrected chi connectivity index (χ0v) is 7.07. The molecule has 8 heavy (non-hydrogen) atoms. The fourth-order valence-corrected chi connectivity index (χ4v) is 1.87. The fraction of sp³-hybridized carbons (Fsp3) is 1.00. The van der Waals surface area contributed by atoms with Gasteiger partial charge in [0.2, 0.25) is 0 Å². The van der Waals surface area contributed by atoms with Crippen LogP contribution in [-0.4, -0.2) is 17.9 Å². The van der Waals surface area contributed by atoms with E-state index in [1.165, 1.54) is 17.3 Å². The molecule has 0 unspecified atom stereocenters. The van der Waals surface area contributed by atoms with Crippen molar-refractivity contribution in [3.63, 3.8) is 0 Å². The van der Waals surface area contributed by atoms with E-state index in [0.29, 0.717) is 0 Å². The molecule has 3 heteroatoms. The first-order valence-electron chi connectivity index (χ1n) is 2.78. The van der Waals surface area contributed by atoms with Gasteiger partial charge in [0.05, 0.1) is 5.08 Å². The van der Waals surface area contributed by atoms with Crippen molar-refractivity contribution in [3.8, 4) is 0 Å². The van der Waals surface area contributed by atoms with Gasteiger partial charge in [-0.05, 0) is 19.2 Å². The molecule has 1 nitrogen and oxygen atoms in total. The minimum Gasteiger partial charge on any atom is -0.267 e. The van der Waals surface area contributed by atoms with E-state index < -0.39 is 0 Å². The van der Waals surface area contributed by atoms with Crippen molar-refractivity contribution < 1.29 is 0 Å². The zero-order valence-electron chi connectivity index (χ0n) is 5.44. The molecule has 0 bridgehead atoms. The Morgan fingerprint density at radius 3 is 2.75 bits per heavy atom. The predicted octanol–water partition coefficient (Wildman–Crippen LogP) is 1.95. The maximum Gasteiger partial charge on any atom is 0.0537 e. The summed E-state index contributed by atoms with van der Waals surface area (Å²) in [7, 11) is 1.96. The SMILES string of the molecule is CCCSCSNC. The minimum atomic E-state index is 1.17. The molecule has 0 saturated carbocycles. The van der Waals surface area contributed by atoms with Gasteiger partial charge in [0, 0.05) is 0 Å². The average molecular weight is 151 g/mol. The van der Waals surface area contributed by atoms with E-state index in [1.807, 2.05) is 18.8 Å². The van der Waals surface area contributed by atoms with Gasteiger partial charge in [-0.2, -0.15) is 0 Å². The lowest BCUT2D eigenvalue weighted by atomic mass is 10.6. The Balaban J connectivity index is 2.53. The van der Waals surface area contributed by atoms with Crippen LogP contribution in [0, 0.1) is 0 Å². The monoisotopic (exact) mass is 151 g/mol. The number of hydrogen-bond donors (Lipinski definition) is 1. The average Bonchev–Trinajstić information content (AvgIpc) is 1.81. The van der Waals surface area contributed by atoms with Gasteiger partial charge in [0.1, 0.15) is 0 Å². The van der Waals surface area contributed by atoms with Gasteiger partial charge < -0.3 is 0 Å². The van der Waals surface area contributed by atoms with Crippen molar-refractivity contribution in [2.24, 2.45) is 0 Å². The van der Waals surface area contributed by atoms with Crippen molar-refractivity contribution in [2.75, 3.05) is 17.9 Å². The van der Waals surface area contributed by atoms with Gasteiger partial charge >= 0.3 is 0 Å². The molecule has 0 atom stereocenters. The van der Waals surface area contributed by atoms with Crippen LogP contribution in [0.3, 0.4) is 0 Å². The van der Waals surface area contributed by atoms with Gasteiger partial charge in [-0.25, -0.2) is 0 Å². The molecular weight excluding hydrogens is 138 g/mol. The number of nitrogens with one attached hydrogen (secondary N) is 1. The van der Waals surface area contributed by atoms with Crippen LogP contribution >= 0.6 is 23.7 Å². The van der Waals surface area contributed by atoms with E-state index in [9.17, 15) is 0 Å². The molecule has 0 fully saturated rings. The third-order valence-corrected chi connectivity index (χ3v) is 2.76. The molecular formula is C5H13NS2. The highest BCUT2D eigenvalue weighted by molar-refractivity contribution is 8.15. The van der Waals surface area contributed by atoms with Crippen molar-refractivity contribution in [3.05, 3.63) is 0 Å². The van der Waals surface area contributed by atoms with Crippen LogP contribution in [0.1, 0.15) is 13.3 Å². The topological polar surface area (TPSA) is 12.0 Å². The van der Waals surface area contributed by atoms with Crippen LogP contribution < -0.4 is 4.72 Å². The summed E-state index contributed by atoms with van der Waals surface area (Å²) in [6, 6.07) is 0. The first kappa shape index (κ1) is 8.66. The van der Waals surface area contributed by atoms with Crippen LogP contribution in [0.5, 0.6) is 0 Å². The number of rotatable bonds is 5. The quantitative estimate of drug-likeness (QED) is 0.366. The van der Waals surface area contributed by atoms with Gasteiger partial charge in [0.25, 0.3) is 0 Å². The predicted molar refractivity (Wildman–Crippen MR) is 44.3 cm³/mol. The highest BCUT2D eigenvalue weighted by Gasteiger charge is 1.82. The molecule has 0 aromatic heterocycles. The van der Waals surface area contributed by atoms with Crippen LogP contribution in [0.25, 0.3) is 0 Å². The second-order valence-corrected chi connectivity index (χ2v) is 3.83. The normalized spacial score (nSPS) is 9.75. The van der Waals surface area contributed by atoms with Gasteiger partial charge in [-0.1, -0.05) is 18.9 Å². The van der Waals surface area contributed by atoms with Crippen molar-refractivity contribution in [1.29, 1.82) is 0 Å². The van der Waals surface area contributed by atoms with Crippen LogP contribution in [0.4, 0.5) is 0 Å².